The molecule has 0 fully saturated rings. The molecule has 1 aromatic carbocycles. The van der Waals surface area contributed by atoms with Gasteiger partial charge < -0.3 is 4.74 Å². The number of carbonyl (C=O) groups is 1. The van der Waals surface area contributed by atoms with Gasteiger partial charge in [0.1, 0.15) is 0 Å². The molecule has 88 valence electrons. The van der Waals surface area contributed by atoms with Gasteiger partial charge in [0.25, 0.3) is 0 Å². The Morgan fingerprint density at radius 1 is 1.25 bits per heavy atom. The first-order valence-electron chi connectivity index (χ1n) is 5.92. The molecule has 0 aliphatic carbocycles. The Labute approximate surface area is 97.6 Å². The summed E-state index contributed by atoms with van der Waals surface area (Å²) in [5.41, 5.74) is 1.21. The Hall–Kier alpha value is -1.31. The van der Waals surface area contributed by atoms with Crippen LogP contribution in [0.25, 0.3) is 0 Å². The summed E-state index contributed by atoms with van der Waals surface area (Å²) in [6.07, 6.45) is 0.948. The number of ether oxygens (including phenoxy) is 1. The van der Waals surface area contributed by atoms with E-state index in [-0.39, 0.29) is 17.8 Å². The Balaban J connectivity index is 2.78. The molecule has 2 heteroatoms. The highest BCUT2D eigenvalue weighted by molar-refractivity contribution is 5.73. The zero-order chi connectivity index (χ0) is 12.0. The van der Waals surface area contributed by atoms with E-state index >= 15 is 0 Å². The lowest BCUT2D eigenvalue weighted by Gasteiger charge is -2.21. The molecule has 0 aliphatic heterocycles. The predicted octanol–water partition coefficient (Wildman–Crippen LogP) is 3.38. The second-order valence-electron chi connectivity index (χ2n) is 3.97. The minimum absolute atomic E-state index is 0.0765. The number of hydrogen-bond acceptors (Lipinski definition) is 2. The number of carbonyl (C=O) groups excluding carboxylic acids is 1. The Bertz CT molecular complexity index is 319. The molecule has 2 nitrogen and oxygen atoms in total. The molecule has 2 atom stereocenters. The van der Waals surface area contributed by atoms with Crippen molar-refractivity contribution < 1.29 is 9.53 Å². The van der Waals surface area contributed by atoms with E-state index in [0.29, 0.717) is 6.61 Å². The van der Waals surface area contributed by atoms with Crippen molar-refractivity contribution in [3.8, 4) is 0 Å². The first kappa shape index (κ1) is 12.8. The summed E-state index contributed by atoms with van der Waals surface area (Å²) < 4.78 is 5.07. The highest BCUT2D eigenvalue weighted by Crippen LogP contribution is 2.28. The molecule has 0 bridgehead atoms. The molecule has 0 spiro atoms. The minimum atomic E-state index is -0.0989. The summed E-state index contributed by atoms with van der Waals surface area (Å²) in [5, 5.41) is 0. The van der Waals surface area contributed by atoms with Gasteiger partial charge in [0, 0.05) is 0 Å². The van der Waals surface area contributed by atoms with E-state index in [1.54, 1.807) is 0 Å². The first-order valence-corrected chi connectivity index (χ1v) is 5.92. The second-order valence-corrected chi connectivity index (χ2v) is 3.97. The van der Waals surface area contributed by atoms with Gasteiger partial charge in [-0.05, 0) is 24.8 Å². The van der Waals surface area contributed by atoms with Crippen molar-refractivity contribution in [2.24, 2.45) is 5.92 Å². The van der Waals surface area contributed by atoms with E-state index in [1.165, 1.54) is 5.56 Å². The van der Waals surface area contributed by atoms with E-state index < -0.39 is 0 Å². The van der Waals surface area contributed by atoms with Crippen LogP contribution in [-0.4, -0.2) is 12.6 Å². The van der Waals surface area contributed by atoms with Crippen LogP contribution >= 0.6 is 0 Å². The van der Waals surface area contributed by atoms with Crippen molar-refractivity contribution in [2.75, 3.05) is 6.61 Å². The third-order valence-corrected chi connectivity index (χ3v) is 2.93. The lowest BCUT2D eigenvalue weighted by molar-refractivity contribution is -0.148. The van der Waals surface area contributed by atoms with Crippen LogP contribution in [0.4, 0.5) is 0 Å². The molecular formula is C14H20O2. The molecule has 0 saturated carbocycles. The van der Waals surface area contributed by atoms with Crippen LogP contribution in [0, 0.1) is 5.92 Å². The molecule has 0 aromatic heterocycles. The van der Waals surface area contributed by atoms with Crippen LogP contribution in [0.2, 0.25) is 0 Å². The standard InChI is InChI=1S/C14H20O2/c1-4-13(11(3)14(15)16-5-2)12-9-7-6-8-10-12/h6-11,13H,4-5H2,1-3H3/t11-,13+/m1/s1. The van der Waals surface area contributed by atoms with Gasteiger partial charge in [0.15, 0.2) is 0 Å². The molecule has 0 heterocycles. The highest BCUT2D eigenvalue weighted by Gasteiger charge is 2.24. The molecule has 0 N–H and O–H groups in total. The van der Waals surface area contributed by atoms with Crippen LogP contribution in [0.1, 0.15) is 38.7 Å². The predicted molar refractivity (Wildman–Crippen MR) is 65.3 cm³/mol. The Kier molecular flexibility index (Phi) is 5.03. The van der Waals surface area contributed by atoms with Gasteiger partial charge in [0.05, 0.1) is 12.5 Å². The fraction of sp³-hybridized carbons (Fsp3) is 0.500. The summed E-state index contributed by atoms with van der Waals surface area (Å²) in [6.45, 7) is 6.34. The summed E-state index contributed by atoms with van der Waals surface area (Å²) in [4.78, 5) is 11.7. The molecule has 16 heavy (non-hydrogen) atoms. The number of benzene rings is 1. The number of rotatable bonds is 5. The number of esters is 1. The maximum Gasteiger partial charge on any atom is 0.309 e. The number of hydrogen-bond donors (Lipinski definition) is 0. The minimum Gasteiger partial charge on any atom is -0.466 e. The van der Waals surface area contributed by atoms with Gasteiger partial charge in [-0.2, -0.15) is 0 Å². The summed E-state index contributed by atoms with van der Waals surface area (Å²) in [7, 11) is 0. The summed E-state index contributed by atoms with van der Waals surface area (Å²) in [5.74, 6) is 0.0748. The SMILES string of the molecule is CCOC(=O)[C@H](C)[C@H](CC)c1ccccc1. The normalized spacial score (nSPS) is 14.2. The fourth-order valence-electron chi connectivity index (χ4n) is 2.02. The van der Waals surface area contributed by atoms with E-state index in [2.05, 4.69) is 19.1 Å². The quantitative estimate of drug-likeness (QED) is 0.711. The lowest BCUT2D eigenvalue weighted by atomic mass is 9.85. The van der Waals surface area contributed by atoms with Gasteiger partial charge in [-0.15, -0.1) is 0 Å². The van der Waals surface area contributed by atoms with Crippen molar-refractivity contribution in [2.45, 2.75) is 33.1 Å². The van der Waals surface area contributed by atoms with Crippen molar-refractivity contribution in [1.82, 2.24) is 0 Å². The van der Waals surface area contributed by atoms with Crippen LogP contribution < -0.4 is 0 Å². The van der Waals surface area contributed by atoms with Crippen molar-refractivity contribution >= 4 is 5.97 Å². The van der Waals surface area contributed by atoms with Crippen LogP contribution in [-0.2, 0) is 9.53 Å². The van der Waals surface area contributed by atoms with Gasteiger partial charge in [-0.1, -0.05) is 44.2 Å². The third-order valence-electron chi connectivity index (χ3n) is 2.93. The van der Waals surface area contributed by atoms with Crippen LogP contribution in [0.15, 0.2) is 30.3 Å². The van der Waals surface area contributed by atoms with E-state index in [0.717, 1.165) is 6.42 Å². The smallest absolute Gasteiger partial charge is 0.309 e. The Morgan fingerprint density at radius 3 is 2.38 bits per heavy atom. The zero-order valence-corrected chi connectivity index (χ0v) is 10.3. The largest absolute Gasteiger partial charge is 0.466 e. The average molecular weight is 220 g/mol. The molecular weight excluding hydrogens is 200 g/mol. The Morgan fingerprint density at radius 2 is 1.88 bits per heavy atom. The molecule has 1 rings (SSSR count). The van der Waals surface area contributed by atoms with Gasteiger partial charge in [-0.3, -0.25) is 4.79 Å². The van der Waals surface area contributed by atoms with E-state index in [9.17, 15) is 4.79 Å². The molecule has 0 amide bonds. The first-order chi connectivity index (χ1) is 7.70. The van der Waals surface area contributed by atoms with Crippen molar-refractivity contribution in [1.29, 1.82) is 0 Å². The maximum atomic E-state index is 11.7. The summed E-state index contributed by atoms with van der Waals surface area (Å²) in [6, 6.07) is 10.2. The zero-order valence-electron chi connectivity index (χ0n) is 10.3. The van der Waals surface area contributed by atoms with Gasteiger partial charge in [0.2, 0.25) is 0 Å². The molecule has 0 aliphatic rings. The maximum absolute atomic E-state index is 11.7. The van der Waals surface area contributed by atoms with Crippen molar-refractivity contribution in [3.63, 3.8) is 0 Å². The molecule has 0 saturated heterocycles. The lowest BCUT2D eigenvalue weighted by Crippen LogP contribution is -2.21. The molecule has 0 radical (unpaired) electrons. The van der Waals surface area contributed by atoms with Crippen LogP contribution in [0.3, 0.4) is 0 Å². The monoisotopic (exact) mass is 220 g/mol. The molecule has 0 unspecified atom stereocenters. The highest BCUT2D eigenvalue weighted by atomic mass is 16.5. The second kappa shape index (κ2) is 6.31. The summed E-state index contributed by atoms with van der Waals surface area (Å²) >= 11 is 0. The van der Waals surface area contributed by atoms with Crippen LogP contribution in [0.5, 0.6) is 0 Å². The van der Waals surface area contributed by atoms with E-state index in [1.807, 2.05) is 32.0 Å². The third kappa shape index (κ3) is 3.09. The van der Waals surface area contributed by atoms with Gasteiger partial charge in [-0.25, -0.2) is 0 Å². The topological polar surface area (TPSA) is 26.3 Å². The average Bonchev–Trinajstić information content (AvgIpc) is 2.31. The molecule has 1 aromatic rings. The van der Waals surface area contributed by atoms with Gasteiger partial charge >= 0.3 is 5.97 Å². The fourth-order valence-corrected chi connectivity index (χ4v) is 2.02. The van der Waals surface area contributed by atoms with Crippen molar-refractivity contribution in [3.05, 3.63) is 35.9 Å². The van der Waals surface area contributed by atoms with E-state index in [4.69, 9.17) is 4.74 Å².